The van der Waals surface area contributed by atoms with E-state index in [9.17, 15) is 13.6 Å². The highest BCUT2D eigenvalue weighted by Crippen LogP contribution is 2.31. The minimum atomic E-state index is -3.03. The molecule has 6 nitrogen and oxygen atoms in total. The molecule has 0 fully saturated rings. The lowest BCUT2D eigenvalue weighted by atomic mass is 10.2. The Morgan fingerprint density at radius 3 is 2.78 bits per heavy atom. The molecule has 2 aromatic carbocycles. The second-order valence-corrected chi connectivity index (χ2v) is 5.66. The molecule has 1 amide bonds. The zero-order chi connectivity index (χ0) is 19.8. The lowest BCUT2D eigenvalue weighted by Gasteiger charge is -2.12. The first-order chi connectivity index (χ1) is 12.9. The van der Waals surface area contributed by atoms with Crippen LogP contribution in [0.15, 0.2) is 41.5 Å². The van der Waals surface area contributed by atoms with Crippen LogP contribution in [0.1, 0.15) is 11.1 Å². The lowest BCUT2D eigenvalue weighted by Crippen LogP contribution is -2.24. The number of hydrogen-bond donors (Lipinski definition) is 1. The zero-order valence-electron chi connectivity index (χ0n) is 14.5. The van der Waals surface area contributed by atoms with Gasteiger partial charge >= 0.3 is 6.61 Å². The quantitative estimate of drug-likeness (QED) is 0.542. The van der Waals surface area contributed by atoms with Gasteiger partial charge in [0.1, 0.15) is 5.75 Å². The second-order valence-electron chi connectivity index (χ2n) is 5.25. The maximum absolute atomic E-state index is 12.6. The standard InChI is InChI=1S/C18H17ClF2N2O4/c1-11-8-13(6-7-14(11)19)26-10-16(24)23-22-9-12-4-3-5-15(25-2)17(12)27-18(20)21/h3-9,18H,10H2,1-2H3,(H,23,24)/b22-9-. The van der Waals surface area contributed by atoms with Crippen molar-refractivity contribution in [1.29, 1.82) is 0 Å². The summed E-state index contributed by atoms with van der Waals surface area (Å²) in [6, 6.07) is 9.53. The number of para-hydroxylation sites is 1. The fourth-order valence-electron chi connectivity index (χ4n) is 2.07. The Hall–Kier alpha value is -2.87. The molecule has 9 heteroatoms. The van der Waals surface area contributed by atoms with Crippen LogP contribution in [0.4, 0.5) is 8.78 Å². The number of carbonyl (C=O) groups is 1. The van der Waals surface area contributed by atoms with Gasteiger partial charge in [-0.1, -0.05) is 17.7 Å². The third kappa shape index (κ3) is 6.10. The van der Waals surface area contributed by atoms with E-state index in [-0.39, 0.29) is 23.7 Å². The minimum Gasteiger partial charge on any atom is -0.493 e. The van der Waals surface area contributed by atoms with Crippen molar-refractivity contribution in [2.24, 2.45) is 5.10 Å². The molecule has 0 aromatic heterocycles. The number of methoxy groups -OCH3 is 1. The molecule has 2 rings (SSSR count). The average molecular weight is 399 g/mol. The van der Waals surface area contributed by atoms with Crippen molar-refractivity contribution in [2.75, 3.05) is 13.7 Å². The van der Waals surface area contributed by atoms with Crippen molar-refractivity contribution in [1.82, 2.24) is 5.43 Å². The largest absolute Gasteiger partial charge is 0.493 e. The molecule has 0 aliphatic heterocycles. The number of alkyl halides is 2. The summed E-state index contributed by atoms with van der Waals surface area (Å²) >= 11 is 5.92. The predicted octanol–water partition coefficient (Wildman–Crippen LogP) is 3.79. The molecule has 0 radical (unpaired) electrons. The van der Waals surface area contributed by atoms with Crippen LogP contribution in [-0.4, -0.2) is 32.4 Å². The first-order valence-electron chi connectivity index (χ1n) is 7.73. The van der Waals surface area contributed by atoms with Gasteiger partial charge in [0.2, 0.25) is 0 Å². The summed E-state index contributed by atoms with van der Waals surface area (Å²) in [6.07, 6.45) is 1.17. The van der Waals surface area contributed by atoms with Crippen LogP contribution in [0.5, 0.6) is 17.2 Å². The topological polar surface area (TPSA) is 69.2 Å². The third-order valence-corrected chi connectivity index (χ3v) is 3.75. The number of hydrazone groups is 1. The summed E-state index contributed by atoms with van der Waals surface area (Å²) in [5.74, 6) is -0.109. The Kier molecular flexibility index (Phi) is 7.36. The molecule has 0 atom stereocenters. The van der Waals surface area contributed by atoms with E-state index in [0.717, 1.165) is 5.56 Å². The van der Waals surface area contributed by atoms with E-state index < -0.39 is 12.5 Å². The van der Waals surface area contributed by atoms with Crippen molar-refractivity contribution < 1.29 is 27.8 Å². The molecule has 2 aromatic rings. The molecule has 0 unspecified atom stereocenters. The third-order valence-electron chi connectivity index (χ3n) is 3.33. The Morgan fingerprint density at radius 1 is 1.33 bits per heavy atom. The van der Waals surface area contributed by atoms with E-state index in [0.29, 0.717) is 10.8 Å². The van der Waals surface area contributed by atoms with Gasteiger partial charge in [0, 0.05) is 10.6 Å². The van der Waals surface area contributed by atoms with Gasteiger partial charge < -0.3 is 14.2 Å². The summed E-state index contributed by atoms with van der Waals surface area (Å²) < 4.78 is 39.9. The number of aryl methyl sites for hydroxylation is 1. The van der Waals surface area contributed by atoms with Gasteiger partial charge in [-0.15, -0.1) is 0 Å². The van der Waals surface area contributed by atoms with Crippen molar-refractivity contribution in [2.45, 2.75) is 13.5 Å². The van der Waals surface area contributed by atoms with E-state index in [1.807, 2.05) is 6.92 Å². The molecule has 0 spiro atoms. The molecule has 1 N–H and O–H groups in total. The monoisotopic (exact) mass is 398 g/mol. The minimum absolute atomic E-state index is 0.118. The van der Waals surface area contributed by atoms with Gasteiger partial charge in [-0.05, 0) is 42.8 Å². The molecule has 0 saturated carbocycles. The molecule has 27 heavy (non-hydrogen) atoms. The number of nitrogens with zero attached hydrogens (tertiary/aromatic N) is 1. The van der Waals surface area contributed by atoms with E-state index >= 15 is 0 Å². The first-order valence-corrected chi connectivity index (χ1v) is 8.11. The highest BCUT2D eigenvalue weighted by Gasteiger charge is 2.14. The number of ether oxygens (including phenoxy) is 3. The molecule has 0 saturated heterocycles. The van der Waals surface area contributed by atoms with Crippen LogP contribution in [0.25, 0.3) is 0 Å². The molecule has 0 heterocycles. The number of carbonyl (C=O) groups excluding carboxylic acids is 1. The SMILES string of the molecule is COc1cccc(/C=N\NC(=O)COc2ccc(Cl)c(C)c2)c1OC(F)F. The van der Waals surface area contributed by atoms with Crippen molar-refractivity contribution >= 4 is 23.7 Å². The summed E-state index contributed by atoms with van der Waals surface area (Å²) in [6.45, 7) is -1.50. The first kappa shape index (κ1) is 20.4. The van der Waals surface area contributed by atoms with E-state index in [1.165, 1.54) is 25.5 Å². The van der Waals surface area contributed by atoms with Crippen molar-refractivity contribution in [3.8, 4) is 17.2 Å². The predicted molar refractivity (Wildman–Crippen MR) is 97.0 cm³/mol. The van der Waals surface area contributed by atoms with Crippen LogP contribution in [0.3, 0.4) is 0 Å². The van der Waals surface area contributed by atoms with Gasteiger partial charge in [0.15, 0.2) is 18.1 Å². The highest BCUT2D eigenvalue weighted by molar-refractivity contribution is 6.31. The summed E-state index contributed by atoms with van der Waals surface area (Å²) in [5.41, 5.74) is 3.27. The number of hydrogen-bond acceptors (Lipinski definition) is 5. The van der Waals surface area contributed by atoms with E-state index in [4.69, 9.17) is 21.1 Å². The lowest BCUT2D eigenvalue weighted by molar-refractivity contribution is -0.123. The van der Waals surface area contributed by atoms with Crippen LogP contribution < -0.4 is 19.6 Å². The normalized spacial score (nSPS) is 10.9. The van der Waals surface area contributed by atoms with Crippen molar-refractivity contribution in [3.63, 3.8) is 0 Å². The Morgan fingerprint density at radius 2 is 2.11 bits per heavy atom. The van der Waals surface area contributed by atoms with Crippen LogP contribution in [0.2, 0.25) is 5.02 Å². The fourth-order valence-corrected chi connectivity index (χ4v) is 2.19. The average Bonchev–Trinajstić information content (AvgIpc) is 2.63. The molecule has 144 valence electrons. The van der Waals surface area contributed by atoms with Crippen LogP contribution >= 0.6 is 11.6 Å². The maximum Gasteiger partial charge on any atom is 0.387 e. The Bertz CT molecular complexity index is 831. The summed E-state index contributed by atoms with van der Waals surface area (Å²) in [4.78, 5) is 11.8. The van der Waals surface area contributed by atoms with E-state index in [1.54, 1.807) is 24.3 Å². The van der Waals surface area contributed by atoms with Crippen LogP contribution in [-0.2, 0) is 4.79 Å². The van der Waals surface area contributed by atoms with Gasteiger partial charge in [-0.3, -0.25) is 4.79 Å². The molecular weight excluding hydrogens is 382 g/mol. The molecule has 0 aliphatic rings. The molecule has 0 bridgehead atoms. The number of benzene rings is 2. The van der Waals surface area contributed by atoms with Gasteiger partial charge in [-0.2, -0.15) is 13.9 Å². The van der Waals surface area contributed by atoms with Crippen LogP contribution in [0, 0.1) is 6.92 Å². The van der Waals surface area contributed by atoms with E-state index in [2.05, 4.69) is 15.3 Å². The number of nitrogens with one attached hydrogen (secondary N) is 1. The summed E-state index contributed by atoms with van der Waals surface area (Å²) in [5, 5.41) is 4.32. The number of rotatable bonds is 8. The smallest absolute Gasteiger partial charge is 0.387 e. The molecular formula is C18H17ClF2N2O4. The fraction of sp³-hybridized carbons (Fsp3) is 0.222. The highest BCUT2D eigenvalue weighted by atomic mass is 35.5. The number of amides is 1. The zero-order valence-corrected chi connectivity index (χ0v) is 15.3. The van der Waals surface area contributed by atoms with Gasteiger partial charge in [0.05, 0.1) is 13.3 Å². The van der Waals surface area contributed by atoms with Gasteiger partial charge in [-0.25, -0.2) is 5.43 Å². The Labute approximate surface area is 159 Å². The molecule has 0 aliphatic carbocycles. The summed E-state index contributed by atoms with van der Waals surface area (Å²) in [7, 11) is 1.33. The number of halogens is 3. The maximum atomic E-state index is 12.6. The van der Waals surface area contributed by atoms with Crippen molar-refractivity contribution in [3.05, 3.63) is 52.5 Å². The second kappa shape index (κ2) is 9.72. The Balaban J connectivity index is 1.96. The van der Waals surface area contributed by atoms with Gasteiger partial charge in [0.25, 0.3) is 5.91 Å².